The van der Waals surface area contributed by atoms with Crippen LogP contribution in [0.2, 0.25) is 0 Å². The summed E-state index contributed by atoms with van der Waals surface area (Å²) in [5, 5.41) is 0. The van der Waals surface area contributed by atoms with Gasteiger partial charge in [-0.05, 0) is 137 Å². The van der Waals surface area contributed by atoms with Crippen molar-refractivity contribution in [3.8, 4) is 0 Å². The van der Waals surface area contributed by atoms with Crippen molar-refractivity contribution in [2.75, 3.05) is 0 Å². The van der Waals surface area contributed by atoms with E-state index in [2.05, 4.69) is 172 Å². The minimum atomic E-state index is 0.995. The van der Waals surface area contributed by atoms with Crippen molar-refractivity contribution in [3.05, 3.63) is 160 Å². The number of aryl methyl sites for hydroxylation is 1. The minimum Gasteiger partial charge on any atom is -0.103 e. The van der Waals surface area contributed by atoms with Gasteiger partial charge in [0.2, 0.25) is 0 Å². The molecule has 0 aliphatic carbocycles. The monoisotopic (exact) mass is 707 g/mol. The quantitative estimate of drug-likeness (QED) is 0.135. The van der Waals surface area contributed by atoms with Crippen LogP contribution in [0.3, 0.4) is 0 Å². The summed E-state index contributed by atoms with van der Waals surface area (Å²) in [5.74, 6) is 0. The fourth-order valence-electron chi connectivity index (χ4n) is 4.71. The largest absolute Gasteiger partial charge is 0.103 e. The molecule has 2 rings (SSSR count). The molecule has 0 saturated heterocycles. The van der Waals surface area contributed by atoms with E-state index in [0.29, 0.717) is 0 Å². The summed E-state index contributed by atoms with van der Waals surface area (Å²) in [7, 11) is 0. The van der Waals surface area contributed by atoms with E-state index < -0.39 is 0 Å². The summed E-state index contributed by atoms with van der Waals surface area (Å²) in [6.45, 7) is 31.5. The van der Waals surface area contributed by atoms with Crippen LogP contribution in [0.4, 0.5) is 0 Å². The first-order valence-corrected chi connectivity index (χ1v) is 20.3. The van der Waals surface area contributed by atoms with Crippen LogP contribution >= 0.6 is 0 Å². The number of benzene rings is 2. The molecule has 0 nitrogen and oxygen atoms in total. The minimum absolute atomic E-state index is 0.995. The third-order valence-corrected chi connectivity index (χ3v) is 7.84. The van der Waals surface area contributed by atoms with Crippen molar-refractivity contribution >= 4 is 6.08 Å². The summed E-state index contributed by atoms with van der Waals surface area (Å²) in [6.07, 6.45) is 32.9. The molecule has 52 heavy (non-hydrogen) atoms. The number of hydrogen-bond donors (Lipinski definition) is 0. The predicted molar refractivity (Wildman–Crippen MR) is 244 cm³/mol. The standard InChI is InChI=1S/C23H32.C17H28.C8H10.2C2H6/c1-20(2)12-10-14-22(4)16-11-15-21(3)13-8-9-19-23-17-6-5-7-18-23;1-6-7-11-16(4)13-9-14-17(5)12-8-10-15(2)3;1-2-8-6-4-3-5-7-8;2*1-2/h5-7,9,12-13,16-19H,8,10-11,14-15H2,1-4H3;6,10-11,14H,1,7-9,12-13H2,2-5H3;3-7H,2H2,1H3;2*1-2H3/b19-9+,21-13?,22-16+;16-11?,17-14+;;;. The van der Waals surface area contributed by atoms with E-state index in [1.165, 1.54) is 89.5 Å². The normalized spacial score (nSPS) is 11.3. The van der Waals surface area contributed by atoms with Crippen LogP contribution in [0.1, 0.15) is 165 Å². The molecular weight excluding hydrogens is 625 g/mol. The van der Waals surface area contributed by atoms with E-state index in [0.717, 1.165) is 25.7 Å². The SMILES string of the molecule is C=CCC=C(C)CC/C=C(\C)CCC=C(C)C.CC.CC.CC(C)=CCC/C(C)=C/CCC(C)=CC/C=C/c1ccccc1.CCc1ccccc1. The van der Waals surface area contributed by atoms with Gasteiger partial charge < -0.3 is 0 Å². The third kappa shape index (κ3) is 39.2. The van der Waals surface area contributed by atoms with Crippen LogP contribution in [-0.2, 0) is 6.42 Å². The second-order valence-electron chi connectivity index (χ2n) is 13.3. The Labute approximate surface area is 326 Å². The van der Waals surface area contributed by atoms with Gasteiger partial charge >= 0.3 is 0 Å². The zero-order chi connectivity index (χ0) is 39.8. The average Bonchev–Trinajstić information content (AvgIpc) is 3.15. The third-order valence-electron chi connectivity index (χ3n) is 7.84. The van der Waals surface area contributed by atoms with Crippen molar-refractivity contribution in [1.29, 1.82) is 0 Å². The Morgan fingerprint density at radius 1 is 0.481 bits per heavy atom. The summed E-state index contributed by atoms with van der Waals surface area (Å²) >= 11 is 0. The van der Waals surface area contributed by atoms with Gasteiger partial charge in [-0.25, -0.2) is 0 Å². The summed E-state index contributed by atoms with van der Waals surface area (Å²) in [4.78, 5) is 0. The second-order valence-corrected chi connectivity index (χ2v) is 13.3. The van der Waals surface area contributed by atoms with Crippen LogP contribution in [0.5, 0.6) is 0 Å². The van der Waals surface area contributed by atoms with Crippen molar-refractivity contribution in [3.63, 3.8) is 0 Å². The Bertz CT molecular complexity index is 1290. The lowest BCUT2D eigenvalue weighted by molar-refractivity contribution is 0.915. The number of rotatable bonds is 18. The molecule has 0 bridgehead atoms. The lowest BCUT2D eigenvalue weighted by Gasteiger charge is -2.01. The molecule has 2 aromatic rings. The molecule has 0 heterocycles. The lowest BCUT2D eigenvalue weighted by Crippen LogP contribution is -1.80. The van der Waals surface area contributed by atoms with E-state index in [-0.39, 0.29) is 0 Å². The van der Waals surface area contributed by atoms with Crippen LogP contribution in [-0.4, -0.2) is 0 Å². The van der Waals surface area contributed by atoms with Gasteiger partial charge in [-0.1, -0.05) is 183 Å². The zero-order valence-corrected chi connectivity index (χ0v) is 36.5. The molecule has 0 aliphatic rings. The molecule has 0 spiro atoms. The second kappa shape index (κ2) is 40.1. The topological polar surface area (TPSA) is 0 Å². The van der Waals surface area contributed by atoms with Crippen molar-refractivity contribution < 1.29 is 0 Å². The van der Waals surface area contributed by atoms with Gasteiger partial charge in [0.15, 0.2) is 0 Å². The molecule has 0 fully saturated rings. The molecular formula is C52H82. The smallest absolute Gasteiger partial charge is 0.0163 e. The van der Waals surface area contributed by atoms with Crippen molar-refractivity contribution in [1.82, 2.24) is 0 Å². The van der Waals surface area contributed by atoms with E-state index in [9.17, 15) is 0 Å². The van der Waals surface area contributed by atoms with E-state index >= 15 is 0 Å². The molecule has 290 valence electrons. The fourth-order valence-corrected chi connectivity index (χ4v) is 4.71. The molecule has 0 heteroatoms. The highest BCUT2D eigenvalue weighted by atomic mass is 14.0. The maximum absolute atomic E-state index is 3.73. The Morgan fingerprint density at radius 2 is 0.846 bits per heavy atom. The fraction of sp³-hybridized carbons (Fsp3) is 0.462. The predicted octanol–water partition coefficient (Wildman–Crippen LogP) is 17.8. The molecule has 0 N–H and O–H groups in total. The van der Waals surface area contributed by atoms with Gasteiger partial charge in [-0.15, -0.1) is 6.58 Å². The molecule has 0 amide bonds. The van der Waals surface area contributed by atoms with E-state index in [4.69, 9.17) is 0 Å². The van der Waals surface area contributed by atoms with Gasteiger partial charge in [0, 0.05) is 0 Å². The van der Waals surface area contributed by atoms with Gasteiger partial charge in [-0.3, -0.25) is 0 Å². The number of allylic oxidation sites excluding steroid dienone is 14. The first-order chi connectivity index (χ1) is 25.1. The molecule has 0 aromatic heterocycles. The van der Waals surface area contributed by atoms with Crippen LogP contribution in [0.15, 0.2) is 149 Å². The summed E-state index contributed by atoms with van der Waals surface area (Å²) < 4.78 is 0. The Balaban J connectivity index is -0.000000721. The molecule has 0 radical (unpaired) electrons. The molecule has 2 aromatic carbocycles. The molecule has 0 saturated carbocycles. The zero-order valence-electron chi connectivity index (χ0n) is 36.5. The van der Waals surface area contributed by atoms with Crippen molar-refractivity contribution in [2.45, 2.75) is 161 Å². The lowest BCUT2D eigenvalue weighted by atomic mass is 10.1. The van der Waals surface area contributed by atoms with Gasteiger partial charge in [0.1, 0.15) is 0 Å². The number of hydrogen-bond acceptors (Lipinski definition) is 0. The van der Waals surface area contributed by atoms with Gasteiger partial charge in [-0.2, -0.15) is 0 Å². The maximum atomic E-state index is 3.73. The van der Waals surface area contributed by atoms with Gasteiger partial charge in [0.25, 0.3) is 0 Å². The van der Waals surface area contributed by atoms with Gasteiger partial charge in [0.05, 0.1) is 0 Å². The van der Waals surface area contributed by atoms with Crippen LogP contribution in [0, 0.1) is 0 Å². The Hall–Kier alpha value is -3.64. The molecule has 0 unspecified atom stereocenters. The first kappa shape index (κ1) is 52.7. The Kier molecular flexibility index (Phi) is 40.7. The molecule has 0 atom stereocenters. The van der Waals surface area contributed by atoms with Crippen molar-refractivity contribution in [2.24, 2.45) is 0 Å². The van der Waals surface area contributed by atoms with Crippen LogP contribution < -0.4 is 0 Å². The molecule has 0 aliphatic heterocycles. The maximum Gasteiger partial charge on any atom is -0.0163 e. The highest BCUT2D eigenvalue weighted by molar-refractivity contribution is 5.48. The summed E-state index contributed by atoms with van der Waals surface area (Å²) in [5.41, 5.74) is 11.5. The highest BCUT2D eigenvalue weighted by Crippen LogP contribution is 2.13. The van der Waals surface area contributed by atoms with E-state index in [1.807, 2.05) is 39.8 Å². The summed E-state index contributed by atoms with van der Waals surface area (Å²) in [6, 6.07) is 20.9. The van der Waals surface area contributed by atoms with Crippen LogP contribution in [0.25, 0.3) is 6.08 Å². The Morgan fingerprint density at radius 3 is 1.21 bits per heavy atom. The van der Waals surface area contributed by atoms with E-state index in [1.54, 1.807) is 0 Å². The highest BCUT2D eigenvalue weighted by Gasteiger charge is 1.93. The average molecular weight is 707 g/mol. The first-order valence-electron chi connectivity index (χ1n) is 20.3.